The molecule has 122 valence electrons. The van der Waals surface area contributed by atoms with Crippen molar-refractivity contribution in [2.75, 3.05) is 6.54 Å². The maximum Gasteiger partial charge on any atom is 0.0718 e. The molecule has 2 atom stereocenters. The second kappa shape index (κ2) is 5.85. The lowest BCUT2D eigenvalue weighted by Crippen LogP contribution is -2.56. The zero-order chi connectivity index (χ0) is 15.1. The summed E-state index contributed by atoms with van der Waals surface area (Å²) in [5.41, 5.74) is 5.81. The molecule has 0 saturated heterocycles. The van der Waals surface area contributed by atoms with E-state index >= 15 is 0 Å². The fraction of sp³-hybridized carbons (Fsp3) is 1.00. The average molecular weight is 293 g/mol. The van der Waals surface area contributed by atoms with Crippen LogP contribution in [-0.2, 0) is 0 Å². The predicted octanol–water partition coefficient (Wildman–Crippen LogP) is 4.11. The summed E-state index contributed by atoms with van der Waals surface area (Å²) in [6, 6.07) is 0. The van der Waals surface area contributed by atoms with Gasteiger partial charge in [0.25, 0.3) is 0 Å². The van der Waals surface area contributed by atoms with E-state index in [2.05, 4.69) is 13.8 Å². The first kappa shape index (κ1) is 15.8. The van der Waals surface area contributed by atoms with Gasteiger partial charge in [-0.1, -0.05) is 20.3 Å². The van der Waals surface area contributed by atoms with Gasteiger partial charge in [0.1, 0.15) is 0 Å². The van der Waals surface area contributed by atoms with Crippen molar-refractivity contribution in [3.63, 3.8) is 0 Å². The van der Waals surface area contributed by atoms with Crippen LogP contribution in [0.4, 0.5) is 0 Å². The highest BCUT2D eigenvalue weighted by Crippen LogP contribution is 2.56. The molecule has 3 N–H and O–H groups in total. The van der Waals surface area contributed by atoms with Gasteiger partial charge in [-0.3, -0.25) is 0 Å². The van der Waals surface area contributed by atoms with Gasteiger partial charge in [-0.2, -0.15) is 0 Å². The molecule has 0 spiro atoms. The summed E-state index contributed by atoms with van der Waals surface area (Å²) < 4.78 is 0. The Morgan fingerprint density at radius 2 is 1.67 bits per heavy atom. The minimum atomic E-state index is -0.463. The summed E-state index contributed by atoms with van der Waals surface area (Å²) in [6.45, 7) is 5.38. The summed E-state index contributed by atoms with van der Waals surface area (Å²) in [5.74, 6) is 3.34. The molecule has 0 radical (unpaired) electrons. The number of nitrogens with two attached hydrogens (primary N) is 1. The molecule has 0 amide bonds. The van der Waals surface area contributed by atoms with Gasteiger partial charge in [-0.05, 0) is 81.5 Å². The third-order valence-electron chi connectivity index (χ3n) is 7.36. The standard InChI is InChI=1S/C19H35NO/c1-14(2)15-7-10-18(13-20,11-8-15)19(21)9-3-4-17(12-19)16-5-6-16/h14-17,21H,3-13,20H2,1-2H3. The monoisotopic (exact) mass is 293 g/mol. The van der Waals surface area contributed by atoms with Crippen molar-refractivity contribution in [2.45, 2.75) is 83.7 Å². The van der Waals surface area contributed by atoms with Crippen LogP contribution in [0.3, 0.4) is 0 Å². The van der Waals surface area contributed by atoms with Crippen LogP contribution in [0.2, 0.25) is 0 Å². The minimum Gasteiger partial charge on any atom is -0.389 e. The van der Waals surface area contributed by atoms with E-state index in [4.69, 9.17) is 5.73 Å². The molecular formula is C19H35NO. The molecule has 2 nitrogen and oxygen atoms in total. The van der Waals surface area contributed by atoms with Gasteiger partial charge in [0.05, 0.1) is 5.60 Å². The van der Waals surface area contributed by atoms with Crippen LogP contribution in [0.5, 0.6) is 0 Å². The molecule has 3 aliphatic carbocycles. The second-order valence-corrected chi connectivity index (χ2v) is 8.79. The Morgan fingerprint density at radius 3 is 2.19 bits per heavy atom. The largest absolute Gasteiger partial charge is 0.389 e. The lowest BCUT2D eigenvalue weighted by molar-refractivity contribution is -0.140. The molecule has 3 aliphatic rings. The molecule has 0 aromatic rings. The van der Waals surface area contributed by atoms with Crippen molar-refractivity contribution in [1.29, 1.82) is 0 Å². The smallest absolute Gasteiger partial charge is 0.0718 e. The van der Waals surface area contributed by atoms with E-state index in [0.717, 1.165) is 49.4 Å². The quantitative estimate of drug-likeness (QED) is 0.819. The van der Waals surface area contributed by atoms with E-state index in [1.807, 2.05) is 0 Å². The van der Waals surface area contributed by atoms with Gasteiger partial charge < -0.3 is 10.8 Å². The van der Waals surface area contributed by atoms with E-state index in [9.17, 15) is 5.11 Å². The van der Waals surface area contributed by atoms with Crippen molar-refractivity contribution in [3.8, 4) is 0 Å². The fourth-order valence-corrected chi connectivity index (χ4v) is 5.47. The minimum absolute atomic E-state index is 0.0198. The van der Waals surface area contributed by atoms with Crippen molar-refractivity contribution in [3.05, 3.63) is 0 Å². The van der Waals surface area contributed by atoms with Crippen molar-refractivity contribution >= 4 is 0 Å². The maximum absolute atomic E-state index is 11.5. The molecule has 0 bridgehead atoms. The Labute approximate surface area is 130 Å². The summed E-state index contributed by atoms with van der Waals surface area (Å²) in [6.07, 6.45) is 12.3. The van der Waals surface area contributed by atoms with E-state index in [1.54, 1.807) is 0 Å². The second-order valence-electron chi connectivity index (χ2n) is 8.79. The van der Waals surface area contributed by atoms with Gasteiger partial charge in [0.15, 0.2) is 0 Å². The van der Waals surface area contributed by atoms with E-state index in [0.29, 0.717) is 6.54 Å². The molecule has 0 heterocycles. The highest BCUT2D eigenvalue weighted by molar-refractivity contribution is 5.06. The van der Waals surface area contributed by atoms with Crippen LogP contribution < -0.4 is 5.73 Å². The molecule has 3 saturated carbocycles. The lowest BCUT2D eigenvalue weighted by Gasteiger charge is -2.54. The maximum atomic E-state index is 11.5. The van der Waals surface area contributed by atoms with Crippen LogP contribution >= 0.6 is 0 Å². The lowest BCUT2D eigenvalue weighted by atomic mass is 9.55. The molecule has 0 aromatic carbocycles. The van der Waals surface area contributed by atoms with Crippen molar-refractivity contribution in [2.24, 2.45) is 34.8 Å². The predicted molar refractivity (Wildman–Crippen MR) is 87.9 cm³/mol. The average Bonchev–Trinajstić information content (AvgIpc) is 3.32. The number of aliphatic hydroxyl groups is 1. The molecule has 2 heteroatoms. The van der Waals surface area contributed by atoms with Crippen LogP contribution in [0.1, 0.15) is 78.1 Å². The van der Waals surface area contributed by atoms with Crippen LogP contribution in [0.25, 0.3) is 0 Å². The SMILES string of the molecule is CC(C)C1CCC(CN)(C2(O)CCCC(C3CC3)C2)CC1. The highest BCUT2D eigenvalue weighted by atomic mass is 16.3. The number of hydrogen-bond donors (Lipinski definition) is 2. The van der Waals surface area contributed by atoms with E-state index in [1.165, 1.54) is 38.5 Å². The van der Waals surface area contributed by atoms with Gasteiger partial charge in [-0.25, -0.2) is 0 Å². The first-order valence-electron chi connectivity index (χ1n) is 9.42. The Hall–Kier alpha value is -0.0800. The van der Waals surface area contributed by atoms with Gasteiger partial charge in [-0.15, -0.1) is 0 Å². The molecule has 0 aliphatic heterocycles. The van der Waals surface area contributed by atoms with Crippen LogP contribution in [0.15, 0.2) is 0 Å². The number of rotatable bonds is 4. The zero-order valence-electron chi connectivity index (χ0n) is 14.1. The summed E-state index contributed by atoms with van der Waals surface area (Å²) >= 11 is 0. The summed E-state index contributed by atoms with van der Waals surface area (Å²) in [4.78, 5) is 0. The topological polar surface area (TPSA) is 46.2 Å². The Kier molecular flexibility index (Phi) is 4.40. The first-order valence-corrected chi connectivity index (χ1v) is 9.42. The van der Waals surface area contributed by atoms with Crippen molar-refractivity contribution in [1.82, 2.24) is 0 Å². The van der Waals surface area contributed by atoms with Gasteiger partial charge >= 0.3 is 0 Å². The fourth-order valence-electron chi connectivity index (χ4n) is 5.47. The summed E-state index contributed by atoms with van der Waals surface area (Å²) in [5, 5.41) is 11.5. The molecular weight excluding hydrogens is 258 g/mol. The highest BCUT2D eigenvalue weighted by Gasteiger charge is 2.53. The molecule has 0 aromatic heterocycles. The first-order chi connectivity index (χ1) is 10.00. The third-order valence-corrected chi connectivity index (χ3v) is 7.36. The molecule has 3 rings (SSSR count). The molecule has 3 fully saturated rings. The van der Waals surface area contributed by atoms with E-state index in [-0.39, 0.29) is 5.41 Å². The van der Waals surface area contributed by atoms with Crippen LogP contribution in [-0.4, -0.2) is 17.3 Å². The normalized spacial score (nSPS) is 45.0. The van der Waals surface area contributed by atoms with Crippen molar-refractivity contribution < 1.29 is 5.11 Å². The van der Waals surface area contributed by atoms with E-state index < -0.39 is 5.60 Å². The molecule has 2 unspecified atom stereocenters. The third kappa shape index (κ3) is 2.91. The zero-order valence-corrected chi connectivity index (χ0v) is 14.1. The number of hydrogen-bond acceptors (Lipinski definition) is 2. The Bertz CT molecular complexity index is 355. The summed E-state index contributed by atoms with van der Waals surface area (Å²) in [7, 11) is 0. The van der Waals surface area contributed by atoms with Gasteiger partial charge in [0, 0.05) is 12.0 Å². The molecule has 21 heavy (non-hydrogen) atoms. The Morgan fingerprint density at radius 1 is 1.00 bits per heavy atom. The van der Waals surface area contributed by atoms with Gasteiger partial charge in [0.2, 0.25) is 0 Å². The Balaban J connectivity index is 1.72. The van der Waals surface area contributed by atoms with Crippen LogP contribution in [0, 0.1) is 29.1 Å².